The molecule has 0 saturated heterocycles. The second kappa shape index (κ2) is 3.75. The summed E-state index contributed by atoms with van der Waals surface area (Å²) in [5.41, 5.74) is 4.56. The summed E-state index contributed by atoms with van der Waals surface area (Å²) in [5.74, 6) is -1.76. The number of aliphatic hydroxyl groups is 1. The molecule has 0 aromatic carbocycles. The van der Waals surface area contributed by atoms with E-state index < -0.39 is 18.1 Å². The highest BCUT2D eigenvalue weighted by Gasteiger charge is 2.29. The lowest BCUT2D eigenvalue weighted by molar-refractivity contribution is -0.113. The van der Waals surface area contributed by atoms with Gasteiger partial charge in [0.05, 0.1) is 6.20 Å². The van der Waals surface area contributed by atoms with Crippen LogP contribution < -0.4 is 5.73 Å². The fourth-order valence-corrected chi connectivity index (χ4v) is 1.15. The Morgan fingerprint density at radius 3 is 2.79 bits per heavy atom. The Morgan fingerprint density at radius 2 is 2.36 bits per heavy atom. The third-order valence-corrected chi connectivity index (χ3v) is 1.86. The van der Waals surface area contributed by atoms with Crippen LogP contribution in [0, 0.1) is 0 Å². The Morgan fingerprint density at radius 1 is 1.79 bits per heavy atom. The minimum absolute atomic E-state index is 0.152. The molecule has 78 valence electrons. The minimum atomic E-state index is -1.27. The summed E-state index contributed by atoms with van der Waals surface area (Å²) in [4.78, 5) is 15.3. The lowest BCUT2D eigenvalue weighted by atomic mass is 10.2. The van der Waals surface area contributed by atoms with Gasteiger partial charge in [-0.25, -0.2) is 4.99 Å². The zero-order valence-electron chi connectivity index (χ0n) is 7.94. The van der Waals surface area contributed by atoms with E-state index in [0.29, 0.717) is 0 Å². The van der Waals surface area contributed by atoms with Crippen molar-refractivity contribution in [2.75, 3.05) is 0 Å². The van der Waals surface area contributed by atoms with Crippen molar-refractivity contribution in [2.24, 2.45) is 10.7 Å². The first kappa shape index (κ1) is 10.6. The van der Waals surface area contributed by atoms with E-state index in [4.69, 9.17) is 5.73 Å². The SMILES string of the molecule is CC(C)N1C=C(F)N=C(C(N)=O)C1O. The van der Waals surface area contributed by atoms with Gasteiger partial charge in [0.1, 0.15) is 0 Å². The summed E-state index contributed by atoms with van der Waals surface area (Å²) in [6.45, 7) is 3.49. The molecule has 0 fully saturated rings. The number of carbonyl (C=O) groups excluding carboxylic acids is 1. The van der Waals surface area contributed by atoms with Gasteiger partial charge in [-0.3, -0.25) is 4.79 Å². The van der Waals surface area contributed by atoms with E-state index in [0.717, 1.165) is 6.20 Å². The fraction of sp³-hybridized carbons (Fsp3) is 0.500. The van der Waals surface area contributed by atoms with Crippen LogP contribution in [0.1, 0.15) is 13.8 Å². The first-order chi connectivity index (χ1) is 6.43. The molecule has 6 heteroatoms. The molecule has 1 atom stereocenters. The number of primary amides is 1. The number of aliphatic imine (C=N–C) groups is 1. The van der Waals surface area contributed by atoms with Crippen molar-refractivity contribution >= 4 is 11.6 Å². The number of hydrogen-bond acceptors (Lipinski definition) is 4. The molecule has 14 heavy (non-hydrogen) atoms. The molecule has 0 spiro atoms. The molecule has 0 radical (unpaired) electrons. The van der Waals surface area contributed by atoms with Crippen LogP contribution in [0.5, 0.6) is 0 Å². The van der Waals surface area contributed by atoms with E-state index in [1.807, 2.05) is 0 Å². The predicted octanol–water partition coefficient (Wildman–Crippen LogP) is -0.277. The summed E-state index contributed by atoms with van der Waals surface area (Å²) >= 11 is 0. The molecular weight excluding hydrogens is 189 g/mol. The maximum absolute atomic E-state index is 12.9. The molecule has 1 heterocycles. The molecule has 0 aromatic heterocycles. The monoisotopic (exact) mass is 201 g/mol. The Balaban J connectivity index is 3.01. The number of nitrogens with two attached hydrogens (primary N) is 1. The van der Waals surface area contributed by atoms with Gasteiger partial charge in [-0.15, -0.1) is 0 Å². The highest BCUT2D eigenvalue weighted by molar-refractivity contribution is 6.40. The van der Waals surface area contributed by atoms with E-state index >= 15 is 0 Å². The van der Waals surface area contributed by atoms with Gasteiger partial charge in [0.15, 0.2) is 11.9 Å². The maximum atomic E-state index is 12.9. The number of halogens is 1. The molecule has 3 N–H and O–H groups in total. The highest BCUT2D eigenvalue weighted by Crippen LogP contribution is 2.16. The Labute approximate surface area is 80.7 Å². The van der Waals surface area contributed by atoms with Crippen LogP contribution in [0.25, 0.3) is 0 Å². The summed E-state index contributed by atoms with van der Waals surface area (Å²) in [6, 6.07) is -0.152. The number of rotatable bonds is 2. The second-order valence-corrected chi connectivity index (χ2v) is 3.23. The van der Waals surface area contributed by atoms with Gasteiger partial charge in [-0.2, -0.15) is 4.39 Å². The van der Waals surface area contributed by atoms with Crippen LogP contribution in [-0.2, 0) is 4.79 Å². The van der Waals surface area contributed by atoms with Gasteiger partial charge in [-0.1, -0.05) is 0 Å². The van der Waals surface area contributed by atoms with Gasteiger partial charge >= 0.3 is 0 Å². The molecule has 1 unspecified atom stereocenters. The van der Waals surface area contributed by atoms with Gasteiger partial charge in [0, 0.05) is 6.04 Å². The van der Waals surface area contributed by atoms with Crippen molar-refractivity contribution in [3.63, 3.8) is 0 Å². The quantitative estimate of drug-likeness (QED) is 0.603. The molecule has 0 bridgehead atoms. The van der Waals surface area contributed by atoms with Gasteiger partial charge in [0.2, 0.25) is 5.95 Å². The molecule has 0 aromatic rings. The smallest absolute Gasteiger partial charge is 0.267 e. The van der Waals surface area contributed by atoms with E-state index in [1.54, 1.807) is 13.8 Å². The van der Waals surface area contributed by atoms with Crippen LogP contribution in [0.3, 0.4) is 0 Å². The Hall–Kier alpha value is -1.43. The first-order valence-corrected chi connectivity index (χ1v) is 4.14. The topological polar surface area (TPSA) is 78.9 Å². The zero-order valence-corrected chi connectivity index (χ0v) is 7.94. The van der Waals surface area contributed by atoms with E-state index in [1.165, 1.54) is 4.90 Å². The van der Waals surface area contributed by atoms with Crippen LogP contribution in [-0.4, -0.2) is 33.9 Å². The van der Waals surface area contributed by atoms with Crippen molar-refractivity contribution in [3.05, 3.63) is 12.2 Å². The van der Waals surface area contributed by atoms with Crippen molar-refractivity contribution in [1.29, 1.82) is 0 Å². The molecule has 1 aliphatic heterocycles. The molecule has 0 aliphatic carbocycles. The van der Waals surface area contributed by atoms with Crippen LogP contribution in [0.15, 0.2) is 17.1 Å². The zero-order chi connectivity index (χ0) is 10.9. The van der Waals surface area contributed by atoms with Gasteiger partial charge in [0.25, 0.3) is 5.91 Å². The Kier molecular flexibility index (Phi) is 2.85. The molecule has 1 aliphatic rings. The number of aliphatic hydroxyl groups excluding tert-OH is 1. The summed E-state index contributed by atoms with van der Waals surface area (Å²) in [6.07, 6.45) is -0.228. The van der Waals surface area contributed by atoms with Crippen molar-refractivity contribution in [2.45, 2.75) is 26.1 Å². The molecule has 5 nitrogen and oxygen atoms in total. The van der Waals surface area contributed by atoms with Crippen LogP contribution >= 0.6 is 0 Å². The lowest BCUT2D eigenvalue weighted by Gasteiger charge is -2.32. The van der Waals surface area contributed by atoms with Crippen LogP contribution in [0.4, 0.5) is 4.39 Å². The van der Waals surface area contributed by atoms with Gasteiger partial charge < -0.3 is 15.7 Å². The van der Waals surface area contributed by atoms with Crippen molar-refractivity contribution < 1.29 is 14.3 Å². The third-order valence-electron chi connectivity index (χ3n) is 1.86. The lowest BCUT2D eigenvalue weighted by Crippen LogP contribution is -2.48. The van der Waals surface area contributed by atoms with Crippen molar-refractivity contribution in [3.8, 4) is 0 Å². The highest BCUT2D eigenvalue weighted by atomic mass is 19.1. The molecular formula is C8H12FN3O2. The fourth-order valence-electron chi connectivity index (χ4n) is 1.15. The molecule has 0 saturated carbocycles. The Bertz CT molecular complexity index is 312. The number of hydrogen-bond donors (Lipinski definition) is 2. The number of amides is 1. The van der Waals surface area contributed by atoms with E-state index in [2.05, 4.69) is 4.99 Å². The summed E-state index contributed by atoms with van der Waals surface area (Å²) in [7, 11) is 0. The average Bonchev–Trinajstić information content (AvgIpc) is 2.07. The number of nitrogens with zero attached hydrogens (tertiary/aromatic N) is 2. The largest absolute Gasteiger partial charge is 0.368 e. The first-order valence-electron chi connectivity index (χ1n) is 4.14. The molecule has 1 amide bonds. The third kappa shape index (κ3) is 1.90. The second-order valence-electron chi connectivity index (χ2n) is 3.23. The normalized spacial score (nSPS) is 22.1. The van der Waals surface area contributed by atoms with E-state index in [9.17, 15) is 14.3 Å². The summed E-state index contributed by atoms with van der Waals surface area (Å²) in [5, 5.41) is 9.57. The molecule has 1 rings (SSSR count). The minimum Gasteiger partial charge on any atom is -0.368 e. The standard InChI is InChI=1S/C8H12FN3O2/c1-4(2)12-3-5(9)11-6(7(10)13)8(12)14/h3-4,8,14H,1-2H3,(H2,10,13). The maximum Gasteiger partial charge on any atom is 0.267 e. The summed E-state index contributed by atoms with van der Waals surface area (Å²) < 4.78 is 12.9. The number of carbonyl (C=O) groups is 1. The van der Waals surface area contributed by atoms with Crippen molar-refractivity contribution in [1.82, 2.24) is 4.90 Å². The predicted molar refractivity (Wildman–Crippen MR) is 48.8 cm³/mol. The average molecular weight is 201 g/mol. The van der Waals surface area contributed by atoms with E-state index in [-0.39, 0.29) is 11.8 Å². The van der Waals surface area contributed by atoms with Gasteiger partial charge in [-0.05, 0) is 13.8 Å². The van der Waals surface area contributed by atoms with Crippen LogP contribution in [0.2, 0.25) is 0 Å².